The largest absolute Gasteiger partial charge is 0.491 e. The van der Waals surface area contributed by atoms with Gasteiger partial charge in [-0.2, -0.15) is 0 Å². The highest BCUT2D eigenvalue weighted by Gasteiger charge is 2.19. The molecule has 19 heavy (non-hydrogen) atoms. The van der Waals surface area contributed by atoms with Gasteiger partial charge in [-0.05, 0) is 42.5 Å². The molecule has 106 valence electrons. The van der Waals surface area contributed by atoms with Gasteiger partial charge in [-0.1, -0.05) is 44.2 Å². The molecule has 1 aliphatic rings. The Kier molecular flexibility index (Phi) is 5.53. The Morgan fingerprint density at radius 1 is 1.37 bits per heavy atom. The number of hydrogen-bond donors (Lipinski definition) is 1. The predicted molar refractivity (Wildman–Crippen MR) is 78.9 cm³/mol. The van der Waals surface area contributed by atoms with Crippen molar-refractivity contribution in [3.63, 3.8) is 0 Å². The Labute approximate surface area is 120 Å². The summed E-state index contributed by atoms with van der Waals surface area (Å²) in [6, 6.07) is 5.69. The van der Waals surface area contributed by atoms with Gasteiger partial charge in [0.2, 0.25) is 0 Å². The summed E-state index contributed by atoms with van der Waals surface area (Å²) < 4.78 is 5.67. The van der Waals surface area contributed by atoms with Gasteiger partial charge in [0.1, 0.15) is 12.4 Å². The molecule has 0 radical (unpaired) electrons. The van der Waals surface area contributed by atoms with Crippen LogP contribution in [0.15, 0.2) is 18.2 Å². The molecule has 0 bridgehead atoms. The fourth-order valence-electron chi connectivity index (χ4n) is 2.80. The fourth-order valence-corrected chi connectivity index (χ4v) is 3.05. The molecule has 0 amide bonds. The maximum atomic E-state index is 10.0. The molecular weight excluding hydrogens is 260 g/mol. The van der Waals surface area contributed by atoms with Crippen molar-refractivity contribution in [1.29, 1.82) is 0 Å². The van der Waals surface area contributed by atoms with Crippen LogP contribution in [-0.4, -0.2) is 17.8 Å². The van der Waals surface area contributed by atoms with Crippen molar-refractivity contribution in [2.24, 2.45) is 5.92 Å². The van der Waals surface area contributed by atoms with Crippen LogP contribution in [0.5, 0.6) is 5.75 Å². The van der Waals surface area contributed by atoms with E-state index in [1.807, 2.05) is 18.2 Å². The van der Waals surface area contributed by atoms with Gasteiger partial charge in [-0.25, -0.2) is 0 Å². The van der Waals surface area contributed by atoms with E-state index in [2.05, 4.69) is 6.92 Å². The molecule has 1 unspecified atom stereocenters. The van der Waals surface area contributed by atoms with Crippen LogP contribution in [0, 0.1) is 5.92 Å². The zero-order valence-electron chi connectivity index (χ0n) is 11.6. The third-order valence-electron chi connectivity index (χ3n) is 3.92. The highest BCUT2D eigenvalue weighted by molar-refractivity contribution is 6.31. The maximum Gasteiger partial charge on any atom is 0.119 e. The minimum atomic E-state index is -0.358. The number of aryl methyl sites for hydroxylation is 1. The summed E-state index contributed by atoms with van der Waals surface area (Å²) in [7, 11) is 0. The molecule has 2 rings (SSSR count). The minimum absolute atomic E-state index is 0.358. The van der Waals surface area contributed by atoms with Crippen molar-refractivity contribution >= 4 is 11.6 Å². The Hall–Kier alpha value is -0.730. The maximum absolute atomic E-state index is 10.0. The van der Waals surface area contributed by atoms with E-state index in [0.717, 1.165) is 29.2 Å². The number of benzene rings is 1. The summed E-state index contributed by atoms with van der Waals surface area (Å²) >= 11 is 6.07. The number of aliphatic hydroxyl groups excluding tert-OH is 1. The van der Waals surface area contributed by atoms with Crippen LogP contribution in [0.3, 0.4) is 0 Å². The summed E-state index contributed by atoms with van der Waals surface area (Å²) in [6.07, 6.45) is 6.55. The van der Waals surface area contributed by atoms with E-state index in [9.17, 15) is 5.11 Å². The molecule has 1 fully saturated rings. The first kappa shape index (κ1) is 14.7. The van der Waals surface area contributed by atoms with Gasteiger partial charge in [-0.15, -0.1) is 0 Å². The van der Waals surface area contributed by atoms with Crippen molar-refractivity contribution in [3.8, 4) is 5.75 Å². The molecule has 3 heteroatoms. The van der Waals surface area contributed by atoms with Crippen LogP contribution in [-0.2, 0) is 6.42 Å². The van der Waals surface area contributed by atoms with Crippen LogP contribution in [0.25, 0.3) is 0 Å². The first-order chi connectivity index (χ1) is 9.19. The van der Waals surface area contributed by atoms with Crippen molar-refractivity contribution in [2.75, 3.05) is 6.61 Å². The van der Waals surface area contributed by atoms with E-state index in [-0.39, 0.29) is 6.10 Å². The number of rotatable bonds is 6. The molecule has 1 aliphatic carbocycles. The van der Waals surface area contributed by atoms with Crippen LogP contribution < -0.4 is 4.74 Å². The summed E-state index contributed by atoms with van der Waals surface area (Å²) in [6.45, 7) is 2.45. The van der Waals surface area contributed by atoms with Gasteiger partial charge >= 0.3 is 0 Å². The second-order valence-corrected chi connectivity index (χ2v) is 5.86. The zero-order valence-corrected chi connectivity index (χ0v) is 12.3. The van der Waals surface area contributed by atoms with Gasteiger partial charge in [-0.3, -0.25) is 0 Å². The van der Waals surface area contributed by atoms with Crippen LogP contribution in [0.4, 0.5) is 0 Å². The first-order valence-electron chi connectivity index (χ1n) is 7.28. The molecule has 1 atom stereocenters. The third kappa shape index (κ3) is 4.39. The summed E-state index contributed by atoms with van der Waals surface area (Å²) in [5.74, 6) is 1.49. The lowest BCUT2D eigenvalue weighted by atomic mass is 10.0. The Balaban J connectivity index is 1.80. The average Bonchev–Trinajstić information content (AvgIpc) is 2.90. The quantitative estimate of drug-likeness (QED) is 0.846. The number of hydrogen-bond acceptors (Lipinski definition) is 2. The highest BCUT2D eigenvalue weighted by Crippen LogP contribution is 2.29. The molecular formula is C16H23ClO2. The monoisotopic (exact) mass is 282 g/mol. The topological polar surface area (TPSA) is 29.5 Å². The van der Waals surface area contributed by atoms with E-state index in [1.54, 1.807) is 0 Å². The van der Waals surface area contributed by atoms with E-state index in [0.29, 0.717) is 12.5 Å². The molecule has 1 aromatic carbocycles. The molecule has 1 N–H and O–H groups in total. The molecule has 0 saturated heterocycles. The Bertz CT molecular complexity index is 400. The van der Waals surface area contributed by atoms with E-state index in [1.165, 1.54) is 25.7 Å². The van der Waals surface area contributed by atoms with E-state index in [4.69, 9.17) is 16.3 Å². The fraction of sp³-hybridized carbons (Fsp3) is 0.625. The SMILES string of the molecule is CCc1cc(OCC(O)CC2CCCC2)ccc1Cl. The lowest BCUT2D eigenvalue weighted by Gasteiger charge is -2.16. The van der Waals surface area contributed by atoms with Crippen molar-refractivity contribution in [3.05, 3.63) is 28.8 Å². The molecule has 0 aromatic heterocycles. The number of ether oxygens (including phenoxy) is 1. The highest BCUT2D eigenvalue weighted by atomic mass is 35.5. The Morgan fingerprint density at radius 3 is 2.79 bits per heavy atom. The molecule has 0 spiro atoms. The van der Waals surface area contributed by atoms with Crippen LogP contribution in [0.1, 0.15) is 44.6 Å². The standard InChI is InChI=1S/C16H23ClO2/c1-2-13-10-15(7-8-16(13)17)19-11-14(18)9-12-5-3-4-6-12/h7-8,10,12,14,18H,2-6,9,11H2,1H3. The van der Waals surface area contributed by atoms with Crippen molar-refractivity contribution in [2.45, 2.75) is 51.6 Å². The Morgan fingerprint density at radius 2 is 2.11 bits per heavy atom. The average molecular weight is 283 g/mol. The minimum Gasteiger partial charge on any atom is -0.491 e. The second kappa shape index (κ2) is 7.16. The predicted octanol–water partition coefficient (Wildman–Crippen LogP) is 4.22. The summed E-state index contributed by atoms with van der Waals surface area (Å²) in [5, 5.41) is 10.8. The van der Waals surface area contributed by atoms with E-state index < -0.39 is 0 Å². The van der Waals surface area contributed by atoms with Crippen LogP contribution >= 0.6 is 11.6 Å². The van der Waals surface area contributed by atoms with Gasteiger partial charge in [0.25, 0.3) is 0 Å². The third-order valence-corrected chi connectivity index (χ3v) is 4.29. The van der Waals surface area contributed by atoms with Gasteiger partial charge in [0.15, 0.2) is 0 Å². The normalized spacial score (nSPS) is 17.6. The van der Waals surface area contributed by atoms with Gasteiger partial charge < -0.3 is 9.84 Å². The summed E-state index contributed by atoms with van der Waals surface area (Å²) in [5.41, 5.74) is 1.09. The zero-order chi connectivity index (χ0) is 13.7. The van der Waals surface area contributed by atoms with Crippen molar-refractivity contribution < 1.29 is 9.84 Å². The lowest BCUT2D eigenvalue weighted by Crippen LogP contribution is -2.20. The number of halogens is 1. The van der Waals surface area contributed by atoms with E-state index >= 15 is 0 Å². The lowest BCUT2D eigenvalue weighted by molar-refractivity contribution is 0.0855. The van der Waals surface area contributed by atoms with Crippen molar-refractivity contribution in [1.82, 2.24) is 0 Å². The second-order valence-electron chi connectivity index (χ2n) is 5.46. The molecule has 0 aliphatic heterocycles. The molecule has 2 nitrogen and oxygen atoms in total. The number of aliphatic hydroxyl groups is 1. The van der Waals surface area contributed by atoms with Gasteiger partial charge in [0, 0.05) is 5.02 Å². The van der Waals surface area contributed by atoms with Gasteiger partial charge in [0.05, 0.1) is 6.10 Å². The smallest absolute Gasteiger partial charge is 0.119 e. The molecule has 1 saturated carbocycles. The summed E-state index contributed by atoms with van der Waals surface area (Å²) in [4.78, 5) is 0. The molecule has 1 aromatic rings. The van der Waals surface area contributed by atoms with Crippen LogP contribution in [0.2, 0.25) is 5.02 Å². The molecule has 0 heterocycles. The first-order valence-corrected chi connectivity index (χ1v) is 7.66.